The Labute approximate surface area is 162 Å². The minimum Gasteiger partial charge on any atom is -0.497 e. The summed E-state index contributed by atoms with van der Waals surface area (Å²) in [6.45, 7) is 0. The highest BCUT2D eigenvalue weighted by Crippen LogP contribution is 2.47. The number of nitrogens with zero attached hydrogens (tertiary/aromatic N) is 2. The van der Waals surface area contributed by atoms with Crippen LogP contribution in [0.4, 0.5) is 0 Å². The van der Waals surface area contributed by atoms with Gasteiger partial charge in [0.2, 0.25) is 5.91 Å². The van der Waals surface area contributed by atoms with Gasteiger partial charge in [0.25, 0.3) is 0 Å². The Kier molecular flexibility index (Phi) is 4.05. The molecule has 1 saturated heterocycles. The maximum absolute atomic E-state index is 12.7. The molecule has 0 radical (unpaired) electrons. The molecule has 5 heteroatoms. The van der Waals surface area contributed by atoms with Crippen LogP contribution in [0.5, 0.6) is 5.75 Å². The van der Waals surface area contributed by atoms with Crippen molar-refractivity contribution in [3.05, 3.63) is 70.8 Å². The molecule has 0 bridgehead atoms. The minimum atomic E-state index is -0.0768. The summed E-state index contributed by atoms with van der Waals surface area (Å²) in [5.41, 5.74) is 6.01. The topological polar surface area (TPSA) is 41.9 Å². The first-order chi connectivity index (χ1) is 13.3. The zero-order valence-corrected chi connectivity index (χ0v) is 16.0. The molecule has 1 atom stereocenters. The Morgan fingerprint density at radius 2 is 1.93 bits per heavy atom. The fraction of sp³-hybridized carbons (Fsp3) is 0.273. The number of carbonyl (C=O) groups is 1. The van der Waals surface area contributed by atoms with Gasteiger partial charge < -0.3 is 4.74 Å². The minimum absolute atomic E-state index is 0.0768. The zero-order valence-electron chi connectivity index (χ0n) is 15.1. The summed E-state index contributed by atoms with van der Waals surface area (Å²) in [6, 6.07) is 16.6. The lowest BCUT2D eigenvalue weighted by Crippen LogP contribution is -2.37. The molecule has 0 N–H and O–H groups in total. The molecule has 4 nitrogen and oxygen atoms in total. The van der Waals surface area contributed by atoms with Crippen molar-refractivity contribution < 1.29 is 9.53 Å². The Hall–Kier alpha value is -2.53. The largest absolute Gasteiger partial charge is 0.497 e. The number of thioether (sulfide) groups is 1. The average molecular weight is 376 g/mol. The van der Waals surface area contributed by atoms with Gasteiger partial charge in [0.1, 0.15) is 5.75 Å². The van der Waals surface area contributed by atoms with Gasteiger partial charge in [-0.05, 0) is 48.1 Å². The second-order valence-corrected chi connectivity index (χ2v) is 7.95. The molecular weight excluding hydrogens is 356 g/mol. The van der Waals surface area contributed by atoms with Crippen LogP contribution in [0.3, 0.4) is 0 Å². The molecular formula is C22H20N2O2S. The van der Waals surface area contributed by atoms with E-state index < -0.39 is 0 Å². The van der Waals surface area contributed by atoms with E-state index in [0.717, 1.165) is 41.4 Å². The smallest absolute Gasteiger partial charge is 0.239 e. The first-order valence-electron chi connectivity index (χ1n) is 9.25. The third kappa shape index (κ3) is 2.69. The Morgan fingerprint density at radius 1 is 1.11 bits per heavy atom. The number of fused-ring (bicyclic) bond motifs is 3. The van der Waals surface area contributed by atoms with Gasteiger partial charge in [-0.1, -0.05) is 48.2 Å². The van der Waals surface area contributed by atoms with E-state index in [1.165, 1.54) is 16.7 Å². The number of rotatable bonds is 2. The van der Waals surface area contributed by atoms with Crippen molar-refractivity contribution in [3.63, 3.8) is 0 Å². The molecule has 2 aromatic rings. The first kappa shape index (κ1) is 16.6. The number of ether oxygens (including phenoxy) is 1. The van der Waals surface area contributed by atoms with E-state index in [1.807, 2.05) is 17.0 Å². The predicted molar refractivity (Wildman–Crippen MR) is 109 cm³/mol. The lowest BCUT2D eigenvalue weighted by molar-refractivity contribution is -0.125. The molecule has 3 aliphatic rings. The van der Waals surface area contributed by atoms with Gasteiger partial charge in [-0.25, -0.2) is 4.99 Å². The average Bonchev–Trinajstić information content (AvgIpc) is 2.97. The van der Waals surface area contributed by atoms with Crippen LogP contribution < -0.4 is 4.74 Å². The molecule has 27 heavy (non-hydrogen) atoms. The van der Waals surface area contributed by atoms with Crippen LogP contribution in [0.2, 0.25) is 0 Å². The molecule has 1 unspecified atom stereocenters. The molecule has 2 aromatic carbocycles. The van der Waals surface area contributed by atoms with Gasteiger partial charge in [-0.2, -0.15) is 0 Å². The number of benzene rings is 2. The highest BCUT2D eigenvalue weighted by atomic mass is 32.2. The van der Waals surface area contributed by atoms with Crippen LogP contribution in [0.25, 0.3) is 5.70 Å². The molecule has 1 amide bonds. The molecule has 2 heterocycles. The van der Waals surface area contributed by atoms with E-state index in [4.69, 9.17) is 9.73 Å². The summed E-state index contributed by atoms with van der Waals surface area (Å²) < 4.78 is 5.32. The number of amidine groups is 1. The quantitative estimate of drug-likeness (QED) is 0.779. The van der Waals surface area contributed by atoms with E-state index in [9.17, 15) is 4.79 Å². The van der Waals surface area contributed by atoms with Gasteiger partial charge in [0.15, 0.2) is 5.17 Å². The molecule has 2 aliphatic heterocycles. The van der Waals surface area contributed by atoms with Crippen LogP contribution in [-0.4, -0.2) is 28.8 Å². The highest BCUT2D eigenvalue weighted by molar-refractivity contribution is 8.15. The summed E-state index contributed by atoms with van der Waals surface area (Å²) in [5, 5.41) is 0.830. The third-order valence-corrected chi connectivity index (χ3v) is 6.43. The molecule has 0 spiro atoms. The van der Waals surface area contributed by atoms with Crippen molar-refractivity contribution >= 4 is 28.5 Å². The monoisotopic (exact) mass is 376 g/mol. The van der Waals surface area contributed by atoms with Gasteiger partial charge in [-0.15, -0.1) is 0 Å². The fourth-order valence-electron chi connectivity index (χ4n) is 4.23. The summed E-state index contributed by atoms with van der Waals surface area (Å²) in [4.78, 5) is 19.6. The Balaban J connectivity index is 1.71. The van der Waals surface area contributed by atoms with E-state index in [1.54, 1.807) is 18.9 Å². The lowest BCUT2D eigenvalue weighted by atomic mass is 9.90. The molecule has 136 valence electrons. The van der Waals surface area contributed by atoms with Crippen LogP contribution in [0, 0.1) is 0 Å². The molecule has 1 aliphatic carbocycles. The summed E-state index contributed by atoms with van der Waals surface area (Å²) >= 11 is 1.55. The van der Waals surface area contributed by atoms with Crippen LogP contribution in [-0.2, 0) is 11.2 Å². The van der Waals surface area contributed by atoms with Crippen molar-refractivity contribution in [1.82, 2.24) is 4.90 Å². The second kappa shape index (κ2) is 6.57. The summed E-state index contributed by atoms with van der Waals surface area (Å²) in [6.07, 6.45) is 3.07. The summed E-state index contributed by atoms with van der Waals surface area (Å²) in [7, 11) is 1.67. The lowest BCUT2D eigenvalue weighted by Gasteiger charge is -2.34. The number of methoxy groups -OCH3 is 1. The number of amides is 1. The fourth-order valence-corrected chi connectivity index (χ4v) is 5.12. The zero-order chi connectivity index (χ0) is 18.4. The Bertz CT molecular complexity index is 978. The van der Waals surface area contributed by atoms with Gasteiger partial charge in [0, 0.05) is 5.56 Å². The van der Waals surface area contributed by atoms with Crippen LogP contribution in [0.1, 0.15) is 35.6 Å². The Morgan fingerprint density at radius 3 is 2.74 bits per heavy atom. The number of hydrogen-bond acceptors (Lipinski definition) is 4. The SMILES string of the molecule is COc1ccc(C2C3=C(N=C4SCC(=O)N42)c2ccccc2CCC3)cc1. The number of aliphatic imine (C=N–C) groups is 1. The molecule has 0 aromatic heterocycles. The van der Waals surface area contributed by atoms with Crippen molar-refractivity contribution in [2.24, 2.45) is 4.99 Å². The van der Waals surface area contributed by atoms with Crippen molar-refractivity contribution in [2.75, 3.05) is 12.9 Å². The van der Waals surface area contributed by atoms with Gasteiger partial charge in [-0.3, -0.25) is 9.69 Å². The van der Waals surface area contributed by atoms with Crippen LogP contribution in [0.15, 0.2) is 59.1 Å². The number of aryl methyl sites for hydroxylation is 1. The van der Waals surface area contributed by atoms with E-state index in [-0.39, 0.29) is 11.9 Å². The standard InChI is InChI=1S/C22H20N2O2S/c1-26-16-11-9-15(10-12-16)21-18-8-4-6-14-5-2-3-7-17(14)20(18)23-22-24(21)19(25)13-27-22/h2-3,5,7,9-12,21H,4,6,8,13H2,1H3. The maximum atomic E-state index is 12.7. The number of hydrogen-bond donors (Lipinski definition) is 0. The molecule has 1 fully saturated rings. The van der Waals surface area contributed by atoms with Crippen molar-refractivity contribution in [1.29, 1.82) is 0 Å². The number of carbonyl (C=O) groups excluding carboxylic acids is 1. The highest BCUT2D eigenvalue weighted by Gasteiger charge is 2.41. The predicted octanol–water partition coefficient (Wildman–Crippen LogP) is 4.43. The normalized spacial score (nSPS) is 21.2. The van der Waals surface area contributed by atoms with E-state index >= 15 is 0 Å². The van der Waals surface area contributed by atoms with Gasteiger partial charge >= 0.3 is 0 Å². The molecule has 0 saturated carbocycles. The molecule has 5 rings (SSSR count). The van der Waals surface area contributed by atoms with Crippen molar-refractivity contribution in [3.8, 4) is 5.75 Å². The third-order valence-electron chi connectivity index (χ3n) is 5.50. The van der Waals surface area contributed by atoms with E-state index in [2.05, 4.69) is 36.4 Å². The van der Waals surface area contributed by atoms with E-state index in [0.29, 0.717) is 5.75 Å². The summed E-state index contributed by atoms with van der Waals surface area (Å²) in [5.74, 6) is 1.43. The second-order valence-electron chi connectivity index (χ2n) is 7.01. The van der Waals surface area contributed by atoms with Crippen LogP contribution >= 0.6 is 11.8 Å². The van der Waals surface area contributed by atoms with Crippen molar-refractivity contribution in [2.45, 2.75) is 25.3 Å². The first-order valence-corrected chi connectivity index (χ1v) is 10.2. The maximum Gasteiger partial charge on any atom is 0.239 e. The van der Waals surface area contributed by atoms with Gasteiger partial charge in [0.05, 0.1) is 24.6 Å².